The zero-order valence-corrected chi connectivity index (χ0v) is 25.8. The van der Waals surface area contributed by atoms with E-state index in [1.165, 1.54) is 16.3 Å². The van der Waals surface area contributed by atoms with E-state index in [2.05, 4.69) is 112 Å². The Morgan fingerprint density at radius 3 is 1.54 bits per heavy atom. The minimum atomic E-state index is 0.588. The number of benzene rings is 7. The van der Waals surface area contributed by atoms with Gasteiger partial charge in [-0.05, 0) is 41.8 Å². The molecule has 0 amide bonds. The molecule has 0 fully saturated rings. The lowest BCUT2D eigenvalue weighted by molar-refractivity contribution is 0.955. The molecule has 0 atom stereocenters. The van der Waals surface area contributed by atoms with Gasteiger partial charge in [0.05, 0.1) is 22.1 Å². The molecule has 0 saturated heterocycles. The highest BCUT2D eigenvalue weighted by atomic mass is 15.2. The summed E-state index contributed by atoms with van der Waals surface area (Å²) in [6.07, 6.45) is 0. The Bertz CT molecular complexity index is 2760. The van der Waals surface area contributed by atoms with Gasteiger partial charge in [-0.1, -0.05) is 127 Å². The van der Waals surface area contributed by atoms with Crippen molar-refractivity contribution in [3.8, 4) is 34.4 Å². The summed E-state index contributed by atoms with van der Waals surface area (Å²) in [5.41, 5.74) is 7.48. The quantitative estimate of drug-likeness (QED) is 0.198. The van der Waals surface area contributed by atoms with Crippen molar-refractivity contribution in [1.29, 1.82) is 0 Å². The van der Waals surface area contributed by atoms with Crippen LogP contribution in [0, 0.1) is 0 Å². The summed E-state index contributed by atoms with van der Waals surface area (Å²) in [5.74, 6) is 1.86. The Morgan fingerprint density at radius 2 is 0.896 bits per heavy atom. The third-order valence-electron chi connectivity index (χ3n) is 9.34. The second-order valence-electron chi connectivity index (χ2n) is 12.1. The smallest absolute Gasteiger partial charge is 0.238 e. The van der Waals surface area contributed by atoms with Crippen LogP contribution in [0.15, 0.2) is 164 Å². The molecule has 0 N–H and O–H groups in total. The Balaban J connectivity index is 1.35. The van der Waals surface area contributed by atoms with Gasteiger partial charge in [-0.25, -0.2) is 4.98 Å². The van der Waals surface area contributed by atoms with Crippen molar-refractivity contribution in [2.45, 2.75) is 0 Å². The van der Waals surface area contributed by atoms with Gasteiger partial charge in [0.2, 0.25) is 5.95 Å². The second-order valence-corrected chi connectivity index (χ2v) is 12.1. The number of hydrogen-bond acceptors (Lipinski definition) is 3. The van der Waals surface area contributed by atoms with Gasteiger partial charge in [-0.3, -0.25) is 4.57 Å². The molecule has 0 bridgehead atoms. The minimum Gasteiger partial charge on any atom is -0.309 e. The Labute approximate surface area is 276 Å². The van der Waals surface area contributed by atoms with Crippen LogP contribution >= 0.6 is 0 Å². The zero-order chi connectivity index (χ0) is 31.6. The second kappa shape index (κ2) is 10.5. The molecule has 0 saturated carbocycles. The van der Waals surface area contributed by atoms with Crippen LogP contribution in [0.5, 0.6) is 0 Å². The number of nitrogens with zero attached hydrogens (tertiary/aromatic N) is 5. The van der Waals surface area contributed by atoms with E-state index in [1.807, 2.05) is 60.7 Å². The number of aromatic nitrogens is 5. The van der Waals surface area contributed by atoms with Crippen LogP contribution in [0.3, 0.4) is 0 Å². The summed E-state index contributed by atoms with van der Waals surface area (Å²) in [7, 11) is 0. The molecule has 7 aromatic carbocycles. The molecule has 0 aliphatic rings. The first-order chi connectivity index (χ1) is 23.8. The molecule has 48 heavy (non-hydrogen) atoms. The van der Waals surface area contributed by atoms with Gasteiger partial charge in [-0.2, -0.15) is 9.97 Å². The van der Waals surface area contributed by atoms with Crippen molar-refractivity contribution in [2.75, 3.05) is 0 Å². The average molecular weight is 614 g/mol. The van der Waals surface area contributed by atoms with E-state index >= 15 is 0 Å². The molecule has 0 unspecified atom stereocenters. The van der Waals surface area contributed by atoms with Crippen molar-refractivity contribution in [3.05, 3.63) is 164 Å². The molecule has 0 spiro atoms. The van der Waals surface area contributed by atoms with Crippen molar-refractivity contribution < 1.29 is 0 Å². The SMILES string of the molecule is c1ccc(-c2nc(-c3ccccc3)nc(-n3c4ccccc4c4ccc5cc6c7ccccc7n(-c7ccccc7)c6cc5c43)n2)cc1. The minimum absolute atomic E-state index is 0.588. The lowest BCUT2D eigenvalue weighted by atomic mass is 10.0. The maximum atomic E-state index is 5.18. The van der Waals surface area contributed by atoms with Crippen molar-refractivity contribution in [2.24, 2.45) is 0 Å². The maximum absolute atomic E-state index is 5.18. The van der Waals surface area contributed by atoms with E-state index in [0.29, 0.717) is 17.6 Å². The summed E-state index contributed by atoms with van der Waals surface area (Å²) >= 11 is 0. The monoisotopic (exact) mass is 613 g/mol. The van der Waals surface area contributed by atoms with E-state index in [9.17, 15) is 0 Å². The average Bonchev–Trinajstić information content (AvgIpc) is 3.67. The predicted molar refractivity (Wildman–Crippen MR) is 197 cm³/mol. The van der Waals surface area contributed by atoms with E-state index in [1.54, 1.807) is 0 Å². The van der Waals surface area contributed by atoms with Crippen LogP contribution in [0.25, 0.3) is 88.8 Å². The Morgan fingerprint density at radius 1 is 0.354 bits per heavy atom. The molecule has 10 rings (SSSR count). The summed E-state index contributed by atoms with van der Waals surface area (Å²) in [6.45, 7) is 0. The molecule has 224 valence electrons. The largest absolute Gasteiger partial charge is 0.309 e. The molecule has 10 aromatic rings. The summed E-state index contributed by atoms with van der Waals surface area (Å²) in [5, 5.41) is 7.07. The fourth-order valence-electron chi connectivity index (χ4n) is 7.21. The van der Waals surface area contributed by atoms with Gasteiger partial charge in [-0.15, -0.1) is 0 Å². The fraction of sp³-hybridized carbons (Fsp3) is 0. The standard InChI is InChI=1S/C43H27N5/c1-4-14-28(15-5-1)41-44-42(29-16-6-2-7-17-29)46-43(45-41)48-38-23-13-10-20-32(38)34-25-24-30-26-36-33-21-11-12-22-37(33)47(31-18-8-3-9-19-31)39(36)27-35(30)40(34)48/h1-27H. The van der Waals surface area contributed by atoms with Gasteiger partial charge < -0.3 is 4.57 Å². The van der Waals surface area contributed by atoms with Crippen LogP contribution < -0.4 is 0 Å². The number of para-hydroxylation sites is 3. The third-order valence-corrected chi connectivity index (χ3v) is 9.34. The highest BCUT2D eigenvalue weighted by Gasteiger charge is 2.21. The number of hydrogen-bond donors (Lipinski definition) is 0. The number of rotatable bonds is 4. The van der Waals surface area contributed by atoms with Gasteiger partial charge in [0.1, 0.15) is 0 Å². The molecule has 0 radical (unpaired) electrons. The van der Waals surface area contributed by atoms with Crippen LogP contribution in [0.2, 0.25) is 0 Å². The summed E-state index contributed by atoms with van der Waals surface area (Å²) in [6, 6.07) is 57.3. The normalized spacial score (nSPS) is 11.8. The van der Waals surface area contributed by atoms with Crippen LogP contribution in [-0.2, 0) is 0 Å². The predicted octanol–water partition coefficient (Wildman–Crippen LogP) is 10.6. The lowest BCUT2D eigenvalue weighted by Crippen LogP contribution is -2.06. The Kier molecular flexibility index (Phi) is 5.81. The van der Waals surface area contributed by atoms with Crippen LogP contribution in [0.1, 0.15) is 0 Å². The highest BCUT2D eigenvalue weighted by molar-refractivity contribution is 6.22. The van der Waals surface area contributed by atoms with E-state index < -0.39 is 0 Å². The highest BCUT2D eigenvalue weighted by Crippen LogP contribution is 2.40. The fourth-order valence-corrected chi connectivity index (χ4v) is 7.21. The topological polar surface area (TPSA) is 48.5 Å². The van der Waals surface area contributed by atoms with E-state index in [4.69, 9.17) is 15.0 Å². The first-order valence-corrected chi connectivity index (χ1v) is 16.1. The Hall–Kier alpha value is -6.59. The first-order valence-electron chi connectivity index (χ1n) is 16.1. The van der Waals surface area contributed by atoms with Gasteiger partial charge in [0.15, 0.2) is 11.6 Å². The van der Waals surface area contributed by atoms with Crippen LogP contribution in [0.4, 0.5) is 0 Å². The van der Waals surface area contributed by atoms with Gasteiger partial charge in [0, 0.05) is 43.7 Å². The van der Waals surface area contributed by atoms with Crippen molar-refractivity contribution >= 4 is 54.4 Å². The molecule has 5 heteroatoms. The first kappa shape index (κ1) is 26.6. The van der Waals surface area contributed by atoms with Gasteiger partial charge >= 0.3 is 0 Å². The molecular weight excluding hydrogens is 587 g/mol. The van der Waals surface area contributed by atoms with Gasteiger partial charge in [0.25, 0.3) is 0 Å². The lowest BCUT2D eigenvalue weighted by Gasteiger charge is -2.12. The van der Waals surface area contributed by atoms with Crippen molar-refractivity contribution in [1.82, 2.24) is 24.1 Å². The van der Waals surface area contributed by atoms with Crippen molar-refractivity contribution in [3.63, 3.8) is 0 Å². The maximum Gasteiger partial charge on any atom is 0.238 e. The summed E-state index contributed by atoms with van der Waals surface area (Å²) < 4.78 is 4.61. The molecule has 5 nitrogen and oxygen atoms in total. The van der Waals surface area contributed by atoms with E-state index in [-0.39, 0.29) is 0 Å². The molecule has 0 aliphatic carbocycles. The number of fused-ring (bicyclic) bond motifs is 8. The molecule has 0 aliphatic heterocycles. The molecule has 3 heterocycles. The summed E-state index contributed by atoms with van der Waals surface area (Å²) in [4.78, 5) is 15.3. The van der Waals surface area contributed by atoms with Crippen LogP contribution in [-0.4, -0.2) is 24.1 Å². The molecular formula is C43H27N5. The van der Waals surface area contributed by atoms with E-state index in [0.717, 1.165) is 54.9 Å². The third kappa shape index (κ3) is 4.01. The zero-order valence-electron chi connectivity index (χ0n) is 25.8. The molecule has 3 aromatic heterocycles.